The largest absolute Gasteiger partial charge is 0.462 e. The van der Waals surface area contributed by atoms with Gasteiger partial charge in [-0.1, -0.05) is 329 Å². The molecule has 0 saturated carbocycles. The van der Waals surface area contributed by atoms with E-state index in [1.807, 2.05) is 0 Å². The summed E-state index contributed by atoms with van der Waals surface area (Å²) < 4.78 is 17.0. The summed E-state index contributed by atoms with van der Waals surface area (Å²) in [7, 11) is 0. The summed E-state index contributed by atoms with van der Waals surface area (Å²) in [5.41, 5.74) is 0. The fourth-order valence-corrected chi connectivity index (χ4v) is 9.99. The second-order valence-corrected chi connectivity index (χ2v) is 22.5. The molecule has 0 fully saturated rings. The maximum atomic E-state index is 12.9. The Morgan fingerprint density at radius 2 is 0.471 bits per heavy atom. The first-order chi connectivity index (χ1) is 34.4. The van der Waals surface area contributed by atoms with Crippen molar-refractivity contribution in [2.24, 2.45) is 5.92 Å². The summed E-state index contributed by atoms with van der Waals surface area (Å²) in [4.78, 5) is 38.3. The van der Waals surface area contributed by atoms with Gasteiger partial charge in [-0.2, -0.15) is 0 Å². The molecule has 0 aliphatic rings. The van der Waals surface area contributed by atoms with Crippen LogP contribution in [0.15, 0.2) is 0 Å². The molecule has 6 nitrogen and oxygen atoms in total. The number of hydrogen-bond donors (Lipinski definition) is 0. The molecular formula is C64H124O6. The Kier molecular flexibility index (Phi) is 57.0. The summed E-state index contributed by atoms with van der Waals surface area (Å²) in [6.07, 6.45) is 65.3. The fraction of sp³-hybridized carbons (Fsp3) is 0.953. The number of unbranched alkanes of at least 4 members (excludes halogenated alkanes) is 46. The van der Waals surface area contributed by atoms with Crippen molar-refractivity contribution in [2.75, 3.05) is 13.2 Å². The summed E-state index contributed by atoms with van der Waals surface area (Å²) in [5, 5.41) is 0. The molecule has 0 amide bonds. The summed E-state index contributed by atoms with van der Waals surface area (Å²) in [6, 6.07) is 0. The van der Waals surface area contributed by atoms with E-state index in [1.165, 1.54) is 263 Å². The number of carbonyl (C=O) groups is 3. The van der Waals surface area contributed by atoms with E-state index in [9.17, 15) is 14.4 Å². The lowest BCUT2D eigenvalue weighted by atomic mass is 10.0. The SMILES string of the molecule is CCCCCCCCCCCCCCCCCCCCCC(=O)OC[C@H](COC(=O)CCCCCCCCCCCCCCCCCC(C)C)OC(=O)CCCCCCCCCCCCCCCCC. The van der Waals surface area contributed by atoms with Crippen molar-refractivity contribution in [2.45, 2.75) is 374 Å². The monoisotopic (exact) mass is 989 g/mol. The smallest absolute Gasteiger partial charge is 0.306 e. The first-order valence-corrected chi connectivity index (χ1v) is 31.9. The average Bonchev–Trinajstić information content (AvgIpc) is 3.35. The van der Waals surface area contributed by atoms with Crippen molar-refractivity contribution in [3.63, 3.8) is 0 Å². The van der Waals surface area contributed by atoms with Gasteiger partial charge in [-0.25, -0.2) is 0 Å². The van der Waals surface area contributed by atoms with E-state index in [0.29, 0.717) is 19.3 Å². The average molecular weight is 990 g/mol. The Morgan fingerprint density at radius 3 is 0.700 bits per heavy atom. The van der Waals surface area contributed by atoms with Crippen molar-refractivity contribution >= 4 is 17.9 Å². The highest BCUT2D eigenvalue weighted by Gasteiger charge is 2.19. The number of rotatable bonds is 59. The van der Waals surface area contributed by atoms with Crippen LogP contribution in [0.3, 0.4) is 0 Å². The van der Waals surface area contributed by atoms with Gasteiger partial charge in [-0.3, -0.25) is 14.4 Å². The lowest BCUT2D eigenvalue weighted by molar-refractivity contribution is -0.167. The first-order valence-electron chi connectivity index (χ1n) is 31.9. The molecule has 0 aromatic heterocycles. The quantitative estimate of drug-likeness (QED) is 0.0343. The van der Waals surface area contributed by atoms with Crippen molar-refractivity contribution in [3.8, 4) is 0 Å². The molecule has 6 heteroatoms. The first kappa shape index (κ1) is 68.4. The van der Waals surface area contributed by atoms with E-state index in [0.717, 1.165) is 63.7 Å². The Balaban J connectivity index is 4.27. The van der Waals surface area contributed by atoms with Gasteiger partial charge in [0.15, 0.2) is 6.10 Å². The molecule has 0 spiro atoms. The van der Waals surface area contributed by atoms with Crippen LogP contribution in [-0.4, -0.2) is 37.2 Å². The molecule has 0 heterocycles. The maximum Gasteiger partial charge on any atom is 0.306 e. The lowest BCUT2D eigenvalue weighted by Gasteiger charge is -2.18. The molecule has 0 bridgehead atoms. The van der Waals surface area contributed by atoms with Gasteiger partial charge >= 0.3 is 17.9 Å². The Bertz CT molecular complexity index is 1060. The van der Waals surface area contributed by atoms with Crippen molar-refractivity contribution in [1.29, 1.82) is 0 Å². The predicted molar refractivity (Wildman–Crippen MR) is 303 cm³/mol. The van der Waals surface area contributed by atoms with E-state index in [4.69, 9.17) is 14.2 Å². The molecular weight excluding hydrogens is 865 g/mol. The van der Waals surface area contributed by atoms with E-state index in [1.54, 1.807) is 0 Å². The Labute approximate surface area is 438 Å². The third-order valence-electron chi connectivity index (χ3n) is 14.8. The highest BCUT2D eigenvalue weighted by Crippen LogP contribution is 2.19. The minimum atomic E-state index is -0.763. The van der Waals surface area contributed by atoms with Crippen LogP contribution in [0.4, 0.5) is 0 Å². The summed E-state index contributed by atoms with van der Waals surface area (Å²) >= 11 is 0. The van der Waals surface area contributed by atoms with Crippen LogP contribution in [0.1, 0.15) is 368 Å². The third-order valence-corrected chi connectivity index (χ3v) is 14.8. The van der Waals surface area contributed by atoms with Crippen LogP contribution in [0, 0.1) is 5.92 Å². The molecule has 0 rings (SSSR count). The number of hydrogen-bond acceptors (Lipinski definition) is 6. The minimum Gasteiger partial charge on any atom is -0.462 e. The van der Waals surface area contributed by atoms with Crippen molar-refractivity contribution in [1.82, 2.24) is 0 Å². The van der Waals surface area contributed by atoms with Crippen LogP contribution < -0.4 is 0 Å². The third kappa shape index (κ3) is 57.3. The van der Waals surface area contributed by atoms with Gasteiger partial charge in [0, 0.05) is 19.3 Å². The van der Waals surface area contributed by atoms with Crippen molar-refractivity contribution < 1.29 is 28.6 Å². The molecule has 0 aromatic carbocycles. The maximum absolute atomic E-state index is 12.9. The zero-order valence-electron chi connectivity index (χ0n) is 48.0. The molecule has 416 valence electrons. The van der Waals surface area contributed by atoms with Gasteiger partial charge < -0.3 is 14.2 Å². The number of carbonyl (C=O) groups excluding carboxylic acids is 3. The van der Waals surface area contributed by atoms with E-state index < -0.39 is 6.10 Å². The lowest BCUT2D eigenvalue weighted by Crippen LogP contribution is -2.30. The highest BCUT2D eigenvalue weighted by molar-refractivity contribution is 5.71. The molecule has 0 radical (unpaired) electrons. The molecule has 0 aromatic rings. The molecule has 0 saturated heterocycles. The fourth-order valence-electron chi connectivity index (χ4n) is 9.99. The second-order valence-electron chi connectivity index (χ2n) is 22.5. The molecule has 0 aliphatic heterocycles. The van der Waals surface area contributed by atoms with E-state index >= 15 is 0 Å². The molecule has 1 atom stereocenters. The highest BCUT2D eigenvalue weighted by atomic mass is 16.6. The van der Waals surface area contributed by atoms with Crippen LogP contribution in [0.25, 0.3) is 0 Å². The van der Waals surface area contributed by atoms with E-state index in [-0.39, 0.29) is 31.1 Å². The van der Waals surface area contributed by atoms with Gasteiger partial charge in [0.25, 0.3) is 0 Å². The van der Waals surface area contributed by atoms with Gasteiger partial charge in [0.05, 0.1) is 0 Å². The Hall–Kier alpha value is -1.59. The number of esters is 3. The van der Waals surface area contributed by atoms with Gasteiger partial charge in [-0.05, 0) is 25.2 Å². The molecule has 0 N–H and O–H groups in total. The minimum absolute atomic E-state index is 0.0611. The normalized spacial score (nSPS) is 12.0. The van der Waals surface area contributed by atoms with E-state index in [2.05, 4.69) is 27.7 Å². The zero-order chi connectivity index (χ0) is 50.9. The number of ether oxygens (including phenoxy) is 3. The molecule has 0 unspecified atom stereocenters. The topological polar surface area (TPSA) is 78.9 Å². The summed E-state index contributed by atoms with van der Waals surface area (Å²) in [5.74, 6) is 0.0216. The van der Waals surface area contributed by atoms with Crippen LogP contribution in [0.5, 0.6) is 0 Å². The standard InChI is InChI=1S/C64H124O6/c1-5-7-9-11-13-15-17-19-21-22-23-24-28-31-35-39-43-47-51-55-62(65)68-58-61(70-64(67)57-53-49-45-41-37-33-26-20-18-16-14-12-10-8-6-2)59-69-63(66)56-52-48-44-40-36-32-29-25-27-30-34-38-42-46-50-54-60(3)4/h60-61H,5-59H2,1-4H3/t61-/m1/s1. The van der Waals surface area contributed by atoms with Gasteiger partial charge in [0.1, 0.15) is 13.2 Å². The molecule has 70 heavy (non-hydrogen) atoms. The summed E-state index contributed by atoms with van der Waals surface area (Å²) in [6.45, 7) is 9.09. The second kappa shape index (κ2) is 58.3. The zero-order valence-corrected chi connectivity index (χ0v) is 48.0. The van der Waals surface area contributed by atoms with Crippen LogP contribution >= 0.6 is 0 Å². The van der Waals surface area contributed by atoms with Crippen LogP contribution in [-0.2, 0) is 28.6 Å². The Morgan fingerprint density at radius 1 is 0.271 bits per heavy atom. The predicted octanol–water partition coefficient (Wildman–Crippen LogP) is 21.4. The van der Waals surface area contributed by atoms with Crippen LogP contribution in [0.2, 0.25) is 0 Å². The molecule has 0 aliphatic carbocycles. The van der Waals surface area contributed by atoms with Gasteiger partial charge in [0.2, 0.25) is 0 Å². The van der Waals surface area contributed by atoms with Gasteiger partial charge in [-0.15, -0.1) is 0 Å². The van der Waals surface area contributed by atoms with Crippen molar-refractivity contribution in [3.05, 3.63) is 0 Å².